The average Bonchev–Trinajstić information content (AvgIpc) is 2.44. The summed E-state index contributed by atoms with van der Waals surface area (Å²) < 4.78 is 14.0. The molecule has 1 nitrogen and oxygen atoms in total. The lowest BCUT2D eigenvalue weighted by molar-refractivity contribution is 0.526. The molecule has 0 aromatic heterocycles. The molecule has 0 saturated carbocycles. The van der Waals surface area contributed by atoms with Crippen LogP contribution in [0.1, 0.15) is 35.2 Å². The lowest BCUT2D eigenvalue weighted by atomic mass is 9.93. The minimum Gasteiger partial charge on any atom is -0.310 e. The first-order valence-electron chi connectivity index (χ1n) is 7.26. The van der Waals surface area contributed by atoms with Crippen LogP contribution >= 0.6 is 11.6 Å². The van der Waals surface area contributed by atoms with Crippen molar-refractivity contribution >= 4 is 11.6 Å². The monoisotopic (exact) mass is 305 g/mol. The van der Waals surface area contributed by atoms with Crippen LogP contribution in [-0.2, 0) is 6.42 Å². The van der Waals surface area contributed by atoms with Gasteiger partial charge in [-0.3, -0.25) is 0 Å². The minimum atomic E-state index is -0.240. The SMILES string of the molecule is CCNC(Cc1ccc(Cl)cc1F)c1cccc(C)c1C. The molecule has 1 unspecified atom stereocenters. The van der Waals surface area contributed by atoms with Crippen molar-refractivity contribution in [1.29, 1.82) is 0 Å². The van der Waals surface area contributed by atoms with Crippen molar-refractivity contribution in [1.82, 2.24) is 5.32 Å². The van der Waals surface area contributed by atoms with Gasteiger partial charge in [-0.2, -0.15) is 0 Å². The van der Waals surface area contributed by atoms with Crippen LogP contribution in [0.15, 0.2) is 36.4 Å². The Kier molecular flexibility index (Phi) is 5.38. The van der Waals surface area contributed by atoms with Crippen LogP contribution in [0.2, 0.25) is 5.02 Å². The zero-order valence-corrected chi connectivity index (χ0v) is 13.5. The van der Waals surface area contributed by atoms with Crippen LogP contribution in [0.5, 0.6) is 0 Å². The lowest BCUT2D eigenvalue weighted by Gasteiger charge is -2.22. The summed E-state index contributed by atoms with van der Waals surface area (Å²) in [6.07, 6.45) is 0.612. The Balaban J connectivity index is 2.33. The van der Waals surface area contributed by atoms with E-state index < -0.39 is 0 Å². The molecule has 0 bridgehead atoms. The van der Waals surface area contributed by atoms with Crippen molar-refractivity contribution in [3.8, 4) is 0 Å². The summed E-state index contributed by atoms with van der Waals surface area (Å²) in [5.74, 6) is -0.240. The molecule has 0 fully saturated rings. The van der Waals surface area contributed by atoms with Crippen LogP contribution in [0.3, 0.4) is 0 Å². The molecule has 0 aliphatic carbocycles. The summed E-state index contributed by atoms with van der Waals surface area (Å²) in [6.45, 7) is 7.13. The van der Waals surface area contributed by atoms with Crippen molar-refractivity contribution in [2.24, 2.45) is 0 Å². The summed E-state index contributed by atoms with van der Waals surface area (Å²) in [6, 6.07) is 11.3. The van der Waals surface area contributed by atoms with Gasteiger partial charge in [0.2, 0.25) is 0 Å². The smallest absolute Gasteiger partial charge is 0.127 e. The standard InChI is InChI=1S/C18H21ClFN/c1-4-21-18(16-7-5-6-12(2)13(16)3)10-14-8-9-15(19)11-17(14)20/h5-9,11,18,21H,4,10H2,1-3H3. The maximum absolute atomic E-state index is 14.0. The van der Waals surface area contributed by atoms with E-state index in [1.54, 1.807) is 12.1 Å². The van der Waals surface area contributed by atoms with E-state index in [-0.39, 0.29) is 11.9 Å². The van der Waals surface area contributed by atoms with Crippen LogP contribution in [0.25, 0.3) is 0 Å². The van der Waals surface area contributed by atoms with Gasteiger partial charge >= 0.3 is 0 Å². The number of benzene rings is 2. The second kappa shape index (κ2) is 7.06. The van der Waals surface area contributed by atoms with Gasteiger partial charge in [-0.25, -0.2) is 4.39 Å². The zero-order chi connectivity index (χ0) is 15.4. The predicted octanol–water partition coefficient (Wildman–Crippen LogP) is 4.99. The first kappa shape index (κ1) is 16.0. The number of halogens is 2. The Morgan fingerprint density at radius 1 is 1.19 bits per heavy atom. The average molecular weight is 306 g/mol. The second-order valence-corrected chi connectivity index (χ2v) is 5.78. The highest BCUT2D eigenvalue weighted by Crippen LogP contribution is 2.25. The van der Waals surface area contributed by atoms with E-state index in [4.69, 9.17) is 11.6 Å². The molecule has 3 heteroatoms. The van der Waals surface area contributed by atoms with Crippen molar-refractivity contribution in [2.45, 2.75) is 33.2 Å². The van der Waals surface area contributed by atoms with Gasteiger partial charge in [0, 0.05) is 11.1 Å². The normalized spacial score (nSPS) is 12.4. The van der Waals surface area contributed by atoms with Crippen molar-refractivity contribution < 1.29 is 4.39 Å². The fourth-order valence-electron chi connectivity index (χ4n) is 2.60. The molecule has 0 aliphatic heterocycles. The van der Waals surface area contributed by atoms with Crippen molar-refractivity contribution in [2.75, 3.05) is 6.54 Å². The van der Waals surface area contributed by atoms with Crippen LogP contribution in [0.4, 0.5) is 4.39 Å². The fraction of sp³-hybridized carbons (Fsp3) is 0.333. The van der Waals surface area contributed by atoms with Gasteiger partial charge in [0.15, 0.2) is 0 Å². The maximum Gasteiger partial charge on any atom is 0.127 e. The highest BCUT2D eigenvalue weighted by Gasteiger charge is 2.16. The van der Waals surface area contributed by atoms with Gasteiger partial charge in [0.1, 0.15) is 5.82 Å². The Hall–Kier alpha value is -1.38. The number of hydrogen-bond donors (Lipinski definition) is 1. The van der Waals surface area contributed by atoms with E-state index in [1.165, 1.54) is 22.8 Å². The molecule has 0 heterocycles. The molecule has 21 heavy (non-hydrogen) atoms. The largest absolute Gasteiger partial charge is 0.310 e. The molecule has 112 valence electrons. The Bertz CT molecular complexity index is 625. The van der Waals surface area contributed by atoms with Crippen LogP contribution in [-0.4, -0.2) is 6.54 Å². The molecule has 1 N–H and O–H groups in total. The molecule has 1 atom stereocenters. The molecular formula is C18H21ClFN. The summed E-state index contributed by atoms with van der Waals surface area (Å²) in [4.78, 5) is 0. The molecule has 0 saturated heterocycles. The first-order chi connectivity index (χ1) is 10.0. The third-order valence-electron chi connectivity index (χ3n) is 3.91. The highest BCUT2D eigenvalue weighted by atomic mass is 35.5. The molecule has 0 radical (unpaired) electrons. The van der Waals surface area contributed by atoms with Crippen molar-refractivity contribution in [3.63, 3.8) is 0 Å². The van der Waals surface area contributed by atoms with Gasteiger partial charge in [-0.05, 0) is 61.2 Å². The molecule has 0 aliphatic rings. The predicted molar refractivity (Wildman–Crippen MR) is 87.4 cm³/mol. The first-order valence-corrected chi connectivity index (χ1v) is 7.64. The zero-order valence-electron chi connectivity index (χ0n) is 12.7. The number of hydrogen-bond acceptors (Lipinski definition) is 1. The molecule has 2 rings (SSSR count). The molecule has 0 spiro atoms. The summed E-state index contributed by atoms with van der Waals surface area (Å²) >= 11 is 5.82. The van der Waals surface area contributed by atoms with Gasteiger partial charge in [-0.15, -0.1) is 0 Å². The second-order valence-electron chi connectivity index (χ2n) is 5.34. The lowest BCUT2D eigenvalue weighted by Crippen LogP contribution is -2.24. The Morgan fingerprint density at radius 3 is 2.62 bits per heavy atom. The van der Waals surface area contributed by atoms with Crippen LogP contribution < -0.4 is 5.32 Å². The van der Waals surface area contributed by atoms with E-state index in [0.717, 1.165) is 6.54 Å². The van der Waals surface area contributed by atoms with Gasteiger partial charge < -0.3 is 5.32 Å². The van der Waals surface area contributed by atoms with E-state index in [2.05, 4.69) is 44.3 Å². The number of aryl methyl sites for hydroxylation is 1. The Labute approximate surface area is 131 Å². The number of nitrogens with one attached hydrogen (secondary N) is 1. The molecular weight excluding hydrogens is 285 g/mol. The topological polar surface area (TPSA) is 12.0 Å². The van der Waals surface area contributed by atoms with E-state index in [1.807, 2.05) is 0 Å². The highest BCUT2D eigenvalue weighted by molar-refractivity contribution is 6.30. The van der Waals surface area contributed by atoms with Gasteiger partial charge in [0.25, 0.3) is 0 Å². The fourth-order valence-corrected chi connectivity index (χ4v) is 2.76. The third-order valence-corrected chi connectivity index (χ3v) is 4.15. The summed E-state index contributed by atoms with van der Waals surface area (Å²) in [7, 11) is 0. The number of likely N-dealkylation sites (N-methyl/N-ethyl adjacent to an activating group) is 1. The van der Waals surface area contributed by atoms with Gasteiger partial charge in [-0.1, -0.05) is 42.8 Å². The van der Waals surface area contributed by atoms with E-state index >= 15 is 0 Å². The van der Waals surface area contributed by atoms with Crippen LogP contribution in [0, 0.1) is 19.7 Å². The van der Waals surface area contributed by atoms with E-state index in [9.17, 15) is 4.39 Å². The third kappa shape index (κ3) is 3.84. The summed E-state index contributed by atoms with van der Waals surface area (Å²) in [5.41, 5.74) is 4.43. The number of rotatable bonds is 5. The maximum atomic E-state index is 14.0. The molecule has 2 aromatic carbocycles. The molecule has 0 amide bonds. The Morgan fingerprint density at radius 2 is 1.95 bits per heavy atom. The van der Waals surface area contributed by atoms with Gasteiger partial charge in [0.05, 0.1) is 0 Å². The minimum absolute atomic E-state index is 0.102. The summed E-state index contributed by atoms with van der Waals surface area (Å²) in [5, 5.41) is 3.89. The van der Waals surface area contributed by atoms with E-state index in [0.29, 0.717) is 17.0 Å². The van der Waals surface area contributed by atoms with Crippen molar-refractivity contribution in [3.05, 3.63) is 69.5 Å². The quantitative estimate of drug-likeness (QED) is 0.820. The molecule has 2 aromatic rings.